The summed E-state index contributed by atoms with van der Waals surface area (Å²) in [5.74, 6) is -0.118. The number of halogens is 1. The fourth-order valence-corrected chi connectivity index (χ4v) is 3.75. The first kappa shape index (κ1) is 21.1. The Bertz CT molecular complexity index is 890. The smallest absolute Gasteiger partial charge is 0.227 e. The molecule has 1 aliphatic carbocycles. The van der Waals surface area contributed by atoms with Gasteiger partial charge in [0.15, 0.2) is 0 Å². The Morgan fingerprint density at radius 1 is 1.03 bits per heavy atom. The van der Waals surface area contributed by atoms with Gasteiger partial charge < -0.3 is 9.80 Å². The normalized spacial score (nSPS) is 12.8. The van der Waals surface area contributed by atoms with Crippen LogP contribution < -0.4 is 4.90 Å². The van der Waals surface area contributed by atoms with Crippen LogP contribution in [0, 0.1) is 11.3 Å². The van der Waals surface area contributed by atoms with Gasteiger partial charge in [-0.2, -0.15) is 5.26 Å². The molecule has 0 heterocycles. The molecule has 5 nitrogen and oxygen atoms in total. The van der Waals surface area contributed by atoms with E-state index in [0.29, 0.717) is 13.1 Å². The number of carbonyl (C=O) groups is 2. The lowest BCUT2D eigenvalue weighted by molar-refractivity contribution is -0.134. The Kier molecular flexibility index (Phi) is 7.42. The molecule has 2 aromatic rings. The van der Waals surface area contributed by atoms with Crippen molar-refractivity contribution in [3.8, 4) is 6.07 Å². The van der Waals surface area contributed by atoms with Crippen LogP contribution in [0.1, 0.15) is 37.7 Å². The van der Waals surface area contributed by atoms with E-state index in [-0.39, 0.29) is 37.1 Å². The van der Waals surface area contributed by atoms with Crippen LogP contribution in [0.2, 0.25) is 0 Å². The quantitative estimate of drug-likeness (QED) is 0.553. The zero-order valence-corrected chi connectivity index (χ0v) is 17.8. The highest BCUT2D eigenvalue weighted by molar-refractivity contribution is 9.10. The number of anilines is 1. The number of benzene rings is 2. The van der Waals surface area contributed by atoms with Crippen LogP contribution in [0.3, 0.4) is 0 Å². The van der Waals surface area contributed by atoms with Crippen LogP contribution in [0.15, 0.2) is 59.1 Å². The molecular formula is C23H24BrN3O2. The van der Waals surface area contributed by atoms with Crippen molar-refractivity contribution in [2.75, 3.05) is 11.4 Å². The molecule has 0 N–H and O–H groups in total. The number of hydrogen-bond donors (Lipinski definition) is 0. The van der Waals surface area contributed by atoms with Crippen molar-refractivity contribution < 1.29 is 9.59 Å². The summed E-state index contributed by atoms with van der Waals surface area (Å²) < 4.78 is 0.990. The van der Waals surface area contributed by atoms with Crippen molar-refractivity contribution >= 4 is 33.4 Å². The molecule has 1 fully saturated rings. The average molecular weight is 454 g/mol. The Hall–Kier alpha value is -2.65. The predicted molar refractivity (Wildman–Crippen MR) is 116 cm³/mol. The molecule has 0 atom stereocenters. The summed E-state index contributed by atoms with van der Waals surface area (Å²) in [4.78, 5) is 29.2. The number of para-hydroxylation sites is 1. The van der Waals surface area contributed by atoms with Gasteiger partial charge in [-0.25, -0.2) is 0 Å². The second kappa shape index (κ2) is 10.2. The minimum Gasteiger partial charge on any atom is -0.335 e. The van der Waals surface area contributed by atoms with Crippen LogP contribution in [0.5, 0.6) is 0 Å². The molecule has 0 radical (unpaired) electrons. The number of hydrogen-bond acceptors (Lipinski definition) is 3. The molecule has 1 saturated carbocycles. The minimum atomic E-state index is -0.127. The van der Waals surface area contributed by atoms with Gasteiger partial charge in [0, 0.05) is 42.1 Å². The lowest BCUT2D eigenvalue weighted by atomic mass is 10.1. The molecule has 0 aromatic heterocycles. The SMILES string of the molecule is N#CCCN(C(=O)CCC(=O)N(Cc1cccc(Br)c1)C1CC1)c1ccccc1. The van der Waals surface area contributed by atoms with Gasteiger partial charge >= 0.3 is 0 Å². The fraction of sp³-hybridized carbons (Fsp3) is 0.348. The van der Waals surface area contributed by atoms with E-state index in [2.05, 4.69) is 22.0 Å². The number of amides is 2. The van der Waals surface area contributed by atoms with Crippen LogP contribution in [0.25, 0.3) is 0 Å². The Balaban J connectivity index is 1.62. The predicted octanol–water partition coefficient (Wildman–Crippen LogP) is 4.67. The first-order valence-corrected chi connectivity index (χ1v) is 10.6. The first-order chi connectivity index (χ1) is 14.1. The molecule has 0 unspecified atom stereocenters. The lowest BCUT2D eigenvalue weighted by Gasteiger charge is -2.25. The summed E-state index contributed by atoms with van der Waals surface area (Å²) in [6.45, 7) is 0.895. The number of carbonyl (C=O) groups excluding carboxylic acids is 2. The summed E-state index contributed by atoms with van der Waals surface area (Å²) in [6, 6.07) is 19.6. The largest absolute Gasteiger partial charge is 0.335 e. The first-order valence-electron chi connectivity index (χ1n) is 9.85. The summed E-state index contributed by atoms with van der Waals surface area (Å²) >= 11 is 3.47. The van der Waals surface area contributed by atoms with Gasteiger partial charge in [-0.1, -0.05) is 46.3 Å². The maximum absolute atomic E-state index is 12.9. The summed E-state index contributed by atoms with van der Waals surface area (Å²) in [6.07, 6.45) is 2.61. The van der Waals surface area contributed by atoms with Crippen molar-refractivity contribution in [2.45, 2.75) is 44.7 Å². The van der Waals surface area contributed by atoms with E-state index in [1.54, 1.807) is 4.90 Å². The van der Waals surface area contributed by atoms with Crippen molar-refractivity contribution in [3.05, 3.63) is 64.6 Å². The van der Waals surface area contributed by atoms with E-state index in [1.165, 1.54) is 0 Å². The number of rotatable bonds is 9. The zero-order valence-electron chi connectivity index (χ0n) is 16.3. The van der Waals surface area contributed by atoms with Crippen LogP contribution in [-0.4, -0.2) is 29.3 Å². The molecule has 2 amide bonds. The molecule has 0 bridgehead atoms. The van der Waals surface area contributed by atoms with Crippen LogP contribution in [0.4, 0.5) is 5.69 Å². The summed E-state index contributed by atoms with van der Waals surface area (Å²) in [7, 11) is 0. The third-order valence-electron chi connectivity index (χ3n) is 4.92. The van der Waals surface area contributed by atoms with Gasteiger partial charge in [0.1, 0.15) is 0 Å². The third kappa shape index (κ3) is 6.16. The second-order valence-corrected chi connectivity index (χ2v) is 8.09. The van der Waals surface area contributed by atoms with Gasteiger partial charge in [-0.3, -0.25) is 9.59 Å². The molecule has 1 aliphatic rings. The average Bonchev–Trinajstić information content (AvgIpc) is 3.56. The maximum atomic E-state index is 12.9. The molecule has 0 saturated heterocycles. The summed E-state index contributed by atoms with van der Waals surface area (Å²) in [5.41, 5.74) is 1.83. The number of nitriles is 1. The van der Waals surface area contributed by atoms with Gasteiger partial charge in [-0.05, 0) is 42.7 Å². The Labute approximate surface area is 180 Å². The highest BCUT2D eigenvalue weighted by atomic mass is 79.9. The number of nitrogens with zero attached hydrogens (tertiary/aromatic N) is 3. The highest BCUT2D eigenvalue weighted by Crippen LogP contribution is 2.29. The molecular weight excluding hydrogens is 430 g/mol. The second-order valence-electron chi connectivity index (χ2n) is 7.17. The van der Waals surface area contributed by atoms with E-state index in [9.17, 15) is 9.59 Å². The van der Waals surface area contributed by atoms with Gasteiger partial charge in [0.2, 0.25) is 11.8 Å². The fourth-order valence-electron chi connectivity index (χ4n) is 3.30. The van der Waals surface area contributed by atoms with E-state index in [4.69, 9.17) is 5.26 Å². The molecule has 29 heavy (non-hydrogen) atoms. The third-order valence-corrected chi connectivity index (χ3v) is 5.41. The highest BCUT2D eigenvalue weighted by Gasteiger charge is 2.32. The van der Waals surface area contributed by atoms with E-state index in [1.807, 2.05) is 59.5 Å². The van der Waals surface area contributed by atoms with Crippen molar-refractivity contribution in [1.29, 1.82) is 5.26 Å². The van der Waals surface area contributed by atoms with Crippen molar-refractivity contribution in [1.82, 2.24) is 4.90 Å². The van der Waals surface area contributed by atoms with Crippen LogP contribution >= 0.6 is 15.9 Å². The molecule has 6 heteroatoms. The van der Waals surface area contributed by atoms with Crippen molar-refractivity contribution in [2.24, 2.45) is 0 Å². The molecule has 3 rings (SSSR count). The van der Waals surface area contributed by atoms with E-state index >= 15 is 0 Å². The topological polar surface area (TPSA) is 64.4 Å². The molecule has 2 aromatic carbocycles. The minimum absolute atomic E-state index is 0.00844. The molecule has 0 spiro atoms. The van der Waals surface area contributed by atoms with Gasteiger partial charge in [0.05, 0.1) is 12.5 Å². The van der Waals surface area contributed by atoms with Crippen molar-refractivity contribution in [3.63, 3.8) is 0 Å². The lowest BCUT2D eigenvalue weighted by Crippen LogP contribution is -2.35. The zero-order chi connectivity index (χ0) is 20.6. The van der Waals surface area contributed by atoms with Crippen LogP contribution in [-0.2, 0) is 16.1 Å². The van der Waals surface area contributed by atoms with Gasteiger partial charge in [0.25, 0.3) is 0 Å². The Morgan fingerprint density at radius 3 is 2.41 bits per heavy atom. The van der Waals surface area contributed by atoms with E-state index in [0.717, 1.165) is 28.6 Å². The maximum Gasteiger partial charge on any atom is 0.227 e. The van der Waals surface area contributed by atoms with Gasteiger partial charge in [-0.15, -0.1) is 0 Å². The van der Waals surface area contributed by atoms with E-state index < -0.39 is 0 Å². The molecule has 0 aliphatic heterocycles. The standard InChI is InChI=1S/C23H24BrN3O2/c24-19-7-4-6-18(16-19)17-27(21-10-11-21)23(29)13-12-22(28)26(15-5-14-25)20-8-2-1-3-9-20/h1-4,6-9,16,21H,5,10-13,15,17H2. The molecule has 150 valence electrons. The Morgan fingerprint density at radius 2 is 1.76 bits per heavy atom. The summed E-state index contributed by atoms with van der Waals surface area (Å²) in [5, 5.41) is 8.91. The monoisotopic (exact) mass is 453 g/mol.